The Bertz CT molecular complexity index is 674. The maximum absolute atomic E-state index is 10.8. The van der Waals surface area contributed by atoms with Crippen LogP contribution in [0.25, 0.3) is 0 Å². The number of benzene rings is 1. The highest BCUT2D eigenvalue weighted by Crippen LogP contribution is 2.54. The van der Waals surface area contributed by atoms with Gasteiger partial charge in [0.05, 0.1) is 6.61 Å². The Hall–Kier alpha value is -1.64. The second-order valence-electron chi connectivity index (χ2n) is 8.88. The topological polar surface area (TPSA) is 38.7 Å². The lowest BCUT2D eigenvalue weighted by atomic mass is 9.67. The summed E-state index contributed by atoms with van der Waals surface area (Å²) in [5.74, 6) is 2.56. The summed E-state index contributed by atoms with van der Waals surface area (Å²) in [6.45, 7) is 9.46. The third-order valence-corrected chi connectivity index (χ3v) is 6.24. The molecule has 1 aliphatic heterocycles. The molecular weight excluding hydrogens is 336 g/mol. The number of rotatable bonds is 8. The summed E-state index contributed by atoms with van der Waals surface area (Å²) < 4.78 is 12.3. The predicted octanol–water partition coefficient (Wildman–Crippen LogP) is 6.74. The Morgan fingerprint density at radius 2 is 1.89 bits per heavy atom. The molecule has 0 radical (unpaired) electrons. The summed E-state index contributed by atoms with van der Waals surface area (Å²) in [5, 5.41) is 10.8. The van der Waals surface area contributed by atoms with E-state index in [9.17, 15) is 5.11 Å². The molecule has 2 aliphatic rings. The monoisotopic (exact) mass is 372 g/mol. The lowest BCUT2D eigenvalue weighted by Gasteiger charge is -2.47. The van der Waals surface area contributed by atoms with Crippen LogP contribution >= 0.6 is 0 Å². The van der Waals surface area contributed by atoms with E-state index in [0.29, 0.717) is 24.2 Å². The Morgan fingerprint density at radius 3 is 2.67 bits per heavy atom. The summed E-state index contributed by atoms with van der Waals surface area (Å²) >= 11 is 0. The van der Waals surface area contributed by atoms with Gasteiger partial charge in [-0.25, -0.2) is 0 Å². The van der Waals surface area contributed by atoms with Gasteiger partial charge in [0.1, 0.15) is 22.8 Å². The van der Waals surface area contributed by atoms with Crippen LogP contribution in [0.4, 0.5) is 0 Å². The minimum atomic E-state index is -0.237. The molecule has 3 rings (SSSR count). The van der Waals surface area contributed by atoms with Crippen LogP contribution in [0.3, 0.4) is 0 Å². The fourth-order valence-corrected chi connectivity index (χ4v) is 4.70. The van der Waals surface area contributed by atoms with Gasteiger partial charge in [0.25, 0.3) is 0 Å². The molecule has 1 aromatic rings. The zero-order chi connectivity index (χ0) is 19.4. The third-order valence-electron chi connectivity index (χ3n) is 6.24. The van der Waals surface area contributed by atoms with Crippen LogP contribution in [-0.4, -0.2) is 17.3 Å². The second kappa shape index (κ2) is 8.58. The first-order valence-electron chi connectivity index (χ1n) is 10.8. The largest absolute Gasteiger partial charge is 0.507 e. The quantitative estimate of drug-likeness (QED) is 0.405. The molecule has 1 aliphatic carbocycles. The van der Waals surface area contributed by atoms with E-state index in [1.165, 1.54) is 37.7 Å². The molecule has 1 heterocycles. The Morgan fingerprint density at radius 1 is 1.15 bits per heavy atom. The molecule has 2 unspecified atom stereocenters. The lowest BCUT2D eigenvalue weighted by Crippen LogP contribution is -2.45. The molecular formula is C24H36O3. The predicted molar refractivity (Wildman–Crippen MR) is 111 cm³/mol. The number of aromatic hydroxyl groups is 1. The summed E-state index contributed by atoms with van der Waals surface area (Å²) in [6.07, 6.45) is 11.8. The smallest absolute Gasteiger partial charge is 0.131 e. The zero-order valence-corrected chi connectivity index (χ0v) is 17.5. The SMILES string of the molecule is CCCCCCCCOc1cc(O)c2c(c1)OC(C)(C)C1CC=C(C)CC21. The Balaban J connectivity index is 1.68. The fourth-order valence-electron chi connectivity index (χ4n) is 4.70. The molecule has 0 saturated heterocycles. The maximum atomic E-state index is 10.8. The number of ether oxygens (including phenoxy) is 2. The van der Waals surface area contributed by atoms with Crippen molar-refractivity contribution in [1.82, 2.24) is 0 Å². The number of hydrogen-bond acceptors (Lipinski definition) is 3. The molecule has 0 fully saturated rings. The number of hydrogen-bond donors (Lipinski definition) is 1. The molecule has 0 saturated carbocycles. The number of fused-ring (bicyclic) bond motifs is 3. The first kappa shape index (κ1) is 20.1. The van der Waals surface area contributed by atoms with E-state index >= 15 is 0 Å². The molecule has 0 bridgehead atoms. The minimum Gasteiger partial charge on any atom is -0.507 e. The normalized spacial score (nSPS) is 23.0. The average Bonchev–Trinajstić information content (AvgIpc) is 2.59. The van der Waals surface area contributed by atoms with Crippen molar-refractivity contribution in [1.29, 1.82) is 0 Å². The third kappa shape index (κ3) is 4.62. The van der Waals surface area contributed by atoms with Gasteiger partial charge in [-0.3, -0.25) is 0 Å². The fraction of sp³-hybridized carbons (Fsp3) is 0.667. The van der Waals surface area contributed by atoms with Crippen molar-refractivity contribution in [3.63, 3.8) is 0 Å². The second-order valence-corrected chi connectivity index (χ2v) is 8.88. The molecule has 2 atom stereocenters. The highest BCUT2D eigenvalue weighted by atomic mass is 16.5. The number of allylic oxidation sites excluding steroid dienone is 2. The van der Waals surface area contributed by atoms with Crippen LogP contribution in [0.5, 0.6) is 17.2 Å². The average molecular weight is 373 g/mol. The van der Waals surface area contributed by atoms with Crippen molar-refractivity contribution in [2.24, 2.45) is 5.92 Å². The minimum absolute atomic E-state index is 0.237. The van der Waals surface area contributed by atoms with E-state index in [4.69, 9.17) is 9.47 Å². The first-order chi connectivity index (χ1) is 12.9. The first-order valence-corrected chi connectivity index (χ1v) is 10.8. The van der Waals surface area contributed by atoms with Crippen molar-refractivity contribution in [2.75, 3.05) is 6.61 Å². The Labute approximate surface area is 164 Å². The summed E-state index contributed by atoms with van der Waals surface area (Å²) in [7, 11) is 0. The van der Waals surface area contributed by atoms with E-state index in [-0.39, 0.29) is 5.60 Å². The molecule has 0 amide bonds. The molecule has 1 aromatic carbocycles. The van der Waals surface area contributed by atoms with Crippen molar-refractivity contribution in [3.05, 3.63) is 29.3 Å². The van der Waals surface area contributed by atoms with Crippen molar-refractivity contribution >= 4 is 0 Å². The molecule has 27 heavy (non-hydrogen) atoms. The highest BCUT2D eigenvalue weighted by Gasteiger charge is 2.45. The summed E-state index contributed by atoms with van der Waals surface area (Å²) in [6, 6.07) is 3.76. The highest BCUT2D eigenvalue weighted by molar-refractivity contribution is 5.54. The molecule has 150 valence electrons. The summed E-state index contributed by atoms with van der Waals surface area (Å²) in [4.78, 5) is 0. The summed E-state index contributed by atoms with van der Waals surface area (Å²) in [5.41, 5.74) is 2.14. The number of phenolic OH excluding ortho intramolecular Hbond substituents is 1. The van der Waals surface area contributed by atoms with Gasteiger partial charge in [-0.2, -0.15) is 0 Å². The molecule has 1 N–H and O–H groups in total. The van der Waals surface area contributed by atoms with E-state index in [0.717, 1.165) is 36.3 Å². The molecule has 0 spiro atoms. The van der Waals surface area contributed by atoms with Gasteiger partial charge in [-0.15, -0.1) is 0 Å². The van der Waals surface area contributed by atoms with Crippen LogP contribution in [0.15, 0.2) is 23.8 Å². The van der Waals surface area contributed by atoms with Crippen LogP contribution in [0, 0.1) is 5.92 Å². The van der Waals surface area contributed by atoms with E-state index in [1.54, 1.807) is 6.07 Å². The van der Waals surface area contributed by atoms with E-state index in [1.807, 2.05) is 6.07 Å². The maximum Gasteiger partial charge on any atom is 0.131 e. The van der Waals surface area contributed by atoms with Gasteiger partial charge < -0.3 is 14.6 Å². The Kier molecular flexibility index (Phi) is 6.39. The van der Waals surface area contributed by atoms with Crippen molar-refractivity contribution in [3.8, 4) is 17.2 Å². The standard InChI is InChI=1S/C24H36O3/c1-5-6-7-8-9-10-13-26-18-15-21(25)23-19-14-17(2)11-12-20(19)24(3,4)27-22(23)16-18/h11,15-16,19-20,25H,5-10,12-14H2,1-4H3. The van der Waals surface area contributed by atoms with E-state index < -0.39 is 0 Å². The van der Waals surface area contributed by atoms with Gasteiger partial charge in [-0.05, 0) is 40.0 Å². The van der Waals surface area contributed by atoms with Crippen LogP contribution in [0.2, 0.25) is 0 Å². The van der Waals surface area contributed by atoms with Gasteiger partial charge in [0.15, 0.2) is 0 Å². The van der Waals surface area contributed by atoms with Crippen LogP contribution in [-0.2, 0) is 0 Å². The lowest BCUT2D eigenvalue weighted by molar-refractivity contribution is 0.00733. The van der Waals surface area contributed by atoms with Crippen LogP contribution in [0.1, 0.15) is 90.5 Å². The molecule has 0 aromatic heterocycles. The molecule has 3 nitrogen and oxygen atoms in total. The van der Waals surface area contributed by atoms with Gasteiger partial charge in [-0.1, -0.05) is 50.7 Å². The molecule has 3 heteroatoms. The van der Waals surface area contributed by atoms with Gasteiger partial charge >= 0.3 is 0 Å². The number of unbranched alkanes of at least 4 members (excludes halogenated alkanes) is 5. The van der Waals surface area contributed by atoms with E-state index in [2.05, 4.69) is 33.8 Å². The number of phenols is 1. The van der Waals surface area contributed by atoms with Crippen molar-refractivity contribution < 1.29 is 14.6 Å². The van der Waals surface area contributed by atoms with Crippen LogP contribution < -0.4 is 9.47 Å². The van der Waals surface area contributed by atoms with Crippen molar-refractivity contribution in [2.45, 2.75) is 90.6 Å². The van der Waals surface area contributed by atoms with Gasteiger partial charge in [0, 0.05) is 29.5 Å². The van der Waals surface area contributed by atoms with Gasteiger partial charge in [0.2, 0.25) is 0 Å². The zero-order valence-electron chi connectivity index (χ0n) is 17.5.